The van der Waals surface area contributed by atoms with Gasteiger partial charge in [-0.25, -0.2) is 0 Å². The van der Waals surface area contributed by atoms with Crippen LogP contribution in [0.25, 0.3) is 0 Å². The molecule has 0 amide bonds. The fraction of sp³-hybridized carbons (Fsp3) is 0.625. The van der Waals surface area contributed by atoms with Crippen molar-refractivity contribution in [2.75, 3.05) is 13.7 Å². The molecule has 4 nitrogen and oxygen atoms in total. The van der Waals surface area contributed by atoms with E-state index in [1.54, 1.807) is 26.2 Å². The van der Waals surface area contributed by atoms with Crippen molar-refractivity contribution < 1.29 is 19.7 Å². The highest BCUT2D eigenvalue weighted by molar-refractivity contribution is 5.43. The molecule has 0 aliphatic heterocycles. The lowest BCUT2D eigenvalue weighted by Gasteiger charge is -2.31. The van der Waals surface area contributed by atoms with E-state index in [1.165, 1.54) is 6.42 Å². The van der Waals surface area contributed by atoms with Crippen molar-refractivity contribution >= 4 is 0 Å². The van der Waals surface area contributed by atoms with Crippen LogP contribution in [0, 0.1) is 0 Å². The van der Waals surface area contributed by atoms with Crippen molar-refractivity contribution in [3.63, 3.8) is 0 Å². The second-order valence-electron chi connectivity index (χ2n) is 5.66. The minimum Gasteiger partial charge on any atom is -0.493 e. The van der Waals surface area contributed by atoms with Gasteiger partial charge < -0.3 is 19.7 Å². The topological polar surface area (TPSA) is 58.9 Å². The molecular formula is C16H24O4. The summed E-state index contributed by atoms with van der Waals surface area (Å²) in [4.78, 5) is 0. The SMILES string of the molecule is COc1cc([C@@H](C)O)ccc1OCC1(O)CCCCC1. The highest BCUT2D eigenvalue weighted by Crippen LogP contribution is 2.33. The summed E-state index contributed by atoms with van der Waals surface area (Å²) in [6.07, 6.45) is 4.34. The first-order valence-electron chi connectivity index (χ1n) is 7.25. The molecule has 0 heterocycles. The van der Waals surface area contributed by atoms with Crippen molar-refractivity contribution in [2.45, 2.75) is 50.7 Å². The molecule has 1 fully saturated rings. The molecule has 1 aromatic rings. The van der Waals surface area contributed by atoms with Crippen LogP contribution in [0.1, 0.15) is 50.7 Å². The van der Waals surface area contributed by atoms with Gasteiger partial charge >= 0.3 is 0 Å². The van der Waals surface area contributed by atoms with E-state index in [9.17, 15) is 10.2 Å². The van der Waals surface area contributed by atoms with Gasteiger partial charge in [0, 0.05) is 0 Å². The number of ether oxygens (including phenoxy) is 2. The minimum absolute atomic E-state index is 0.289. The molecule has 0 saturated heterocycles. The molecule has 1 aliphatic carbocycles. The smallest absolute Gasteiger partial charge is 0.161 e. The Labute approximate surface area is 120 Å². The van der Waals surface area contributed by atoms with E-state index in [0.29, 0.717) is 11.5 Å². The molecule has 1 aromatic carbocycles. The molecule has 4 heteroatoms. The Bertz CT molecular complexity index is 436. The molecule has 2 N–H and O–H groups in total. The summed E-state index contributed by atoms with van der Waals surface area (Å²) in [6, 6.07) is 5.37. The predicted octanol–water partition coefficient (Wildman–Crippen LogP) is 2.82. The average Bonchev–Trinajstić information content (AvgIpc) is 2.45. The Morgan fingerprint density at radius 1 is 1.20 bits per heavy atom. The van der Waals surface area contributed by atoms with Gasteiger partial charge in [0.1, 0.15) is 6.61 Å². The van der Waals surface area contributed by atoms with Crippen LogP contribution in [0.15, 0.2) is 18.2 Å². The van der Waals surface area contributed by atoms with Gasteiger partial charge in [-0.05, 0) is 37.5 Å². The first kappa shape index (κ1) is 15.1. The average molecular weight is 280 g/mol. The molecule has 1 saturated carbocycles. The van der Waals surface area contributed by atoms with Crippen molar-refractivity contribution in [1.29, 1.82) is 0 Å². The third-order valence-corrected chi connectivity index (χ3v) is 3.95. The third kappa shape index (κ3) is 3.64. The molecule has 0 bridgehead atoms. The number of hydrogen-bond donors (Lipinski definition) is 2. The normalized spacial score (nSPS) is 19.4. The Kier molecular flexibility index (Phi) is 4.89. The van der Waals surface area contributed by atoms with Crippen LogP contribution in [0.5, 0.6) is 11.5 Å². The van der Waals surface area contributed by atoms with Gasteiger partial charge in [-0.1, -0.05) is 25.3 Å². The minimum atomic E-state index is -0.716. The van der Waals surface area contributed by atoms with Gasteiger partial charge in [-0.3, -0.25) is 0 Å². The molecule has 0 unspecified atom stereocenters. The van der Waals surface area contributed by atoms with Crippen LogP contribution in [-0.2, 0) is 0 Å². The highest BCUT2D eigenvalue weighted by atomic mass is 16.5. The molecule has 20 heavy (non-hydrogen) atoms. The fourth-order valence-corrected chi connectivity index (χ4v) is 2.63. The summed E-state index contributed by atoms with van der Waals surface area (Å²) in [5.74, 6) is 1.19. The Morgan fingerprint density at radius 3 is 2.50 bits per heavy atom. The third-order valence-electron chi connectivity index (χ3n) is 3.95. The summed E-state index contributed by atoms with van der Waals surface area (Å²) in [5, 5.41) is 20.0. The van der Waals surface area contributed by atoms with Crippen LogP contribution in [-0.4, -0.2) is 29.5 Å². The highest BCUT2D eigenvalue weighted by Gasteiger charge is 2.30. The Morgan fingerprint density at radius 2 is 1.90 bits per heavy atom. The van der Waals surface area contributed by atoms with Crippen molar-refractivity contribution in [3.8, 4) is 11.5 Å². The van der Waals surface area contributed by atoms with Crippen LogP contribution in [0.3, 0.4) is 0 Å². The van der Waals surface area contributed by atoms with Crippen LogP contribution >= 0.6 is 0 Å². The zero-order valence-corrected chi connectivity index (χ0v) is 12.3. The van der Waals surface area contributed by atoms with E-state index in [2.05, 4.69) is 0 Å². The Balaban J connectivity index is 2.05. The van der Waals surface area contributed by atoms with Crippen molar-refractivity contribution in [1.82, 2.24) is 0 Å². The van der Waals surface area contributed by atoms with E-state index in [4.69, 9.17) is 9.47 Å². The molecule has 1 aliphatic rings. The maximum atomic E-state index is 10.4. The van der Waals surface area contributed by atoms with E-state index in [-0.39, 0.29) is 6.61 Å². The van der Waals surface area contributed by atoms with Gasteiger partial charge in [0.15, 0.2) is 11.5 Å². The van der Waals surface area contributed by atoms with Crippen LogP contribution in [0.4, 0.5) is 0 Å². The summed E-state index contributed by atoms with van der Waals surface area (Å²) in [6.45, 7) is 2.00. The summed E-state index contributed by atoms with van der Waals surface area (Å²) < 4.78 is 11.0. The van der Waals surface area contributed by atoms with Crippen molar-refractivity contribution in [3.05, 3.63) is 23.8 Å². The number of benzene rings is 1. The van der Waals surface area contributed by atoms with Gasteiger partial charge in [0.2, 0.25) is 0 Å². The molecule has 2 rings (SSSR count). The molecule has 0 radical (unpaired) electrons. The predicted molar refractivity (Wildman–Crippen MR) is 77.2 cm³/mol. The monoisotopic (exact) mass is 280 g/mol. The quantitative estimate of drug-likeness (QED) is 0.870. The van der Waals surface area contributed by atoms with Crippen LogP contribution in [0.2, 0.25) is 0 Å². The number of aliphatic hydroxyl groups excluding tert-OH is 1. The second-order valence-corrected chi connectivity index (χ2v) is 5.66. The molecule has 0 spiro atoms. The fourth-order valence-electron chi connectivity index (χ4n) is 2.63. The Hall–Kier alpha value is -1.26. The summed E-state index contributed by atoms with van der Waals surface area (Å²) >= 11 is 0. The molecular weight excluding hydrogens is 256 g/mol. The van der Waals surface area contributed by atoms with Crippen LogP contribution < -0.4 is 9.47 Å². The lowest BCUT2D eigenvalue weighted by atomic mass is 9.85. The standard InChI is InChI=1S/C16H24O4/c1-12(17)13-6-7-14(15(10-13)19-2)20-11-16(18)8-4-3-5-9-16/h6-7,10,12,17-18H,3-5,8-9,11H2,1-2H3/t12-/m1/s1. The first-order valence-corrected chi connectivity index (χ1v) is 7.25. The number of methoxy groups -OCH3 is 1. The lowest BCUT2D eigenvalue weighted by molar-refractivity contribution is -0.0343. The molecule has 112 valence electrons. The van der Waals surface area contributed by atoms with E-state index >= 15 is 0 Å². The maximum absolute atomic E-state index is 10.4. The lowest BCUT2D eigenvalue weighted by Crippen LogP contribution is -2.37. The zero-order valence-electron chi connectivity index (χ0n) is 12.3. The molecule has 1 atom stereocenters. The van der Waals surface area contributed by atoms with E-state index in [0.717, 1.165) is 31.2 Å². The second kappa shape index (κ2) is 6.46. The number of aliphatic hydroxyl groups is 2. The summed E-state index contributed by atoms with van der Waals surface area (Å²) in [7, 11) is 1.57. The maximum Gasteiger partial charge on any atom is 0.161 e. The summed E-state index contributed by atoms with van der Waals surface area (Å²) in [5.41, 5.74) is 0.0669. The van der Waals surface area contributed by atoms with Gasteiger partial charge in [-0.15, -0.1) is 0 Å². The van der Waals surface area contributed by atoms with Gasteiger partial charge in [0.05, 0.1) is 18.8 Å². The number of hydrogen-bond acceptors (Lipinski definition) is 4. The number of rotatable bonds is 5. The zero-order chi connectivity index (χ0) is 14.6. The van der Waals surface area contributed by atoms with Gasteiger partial charge in [-0.2, -0.15) is 0 Å². The van der Waals surface area contributed by atoms with E-state index < -0.39 is 11.7 Å². The van der Waals surface area contributed by atoms with Gasteiger partial charge in [0.25, 0.3) is 0 Å². The van der Waals surface area contributed by atoms with Crippen molar-refractivity contribution in [2.24, 2.45) is 0 Å². The van der Waals surface area contributed by atoms with E-state index in [1.807, 2.05) is 6.07 Å². The molecule has 0 aromatic heterocycles. The largest absolute Gasteiger partial charge is 0.493 e. The first-order chi connectivity index (χ1) is 9.54.